The van der Waals surface area contributed by atoms with Gasteiger partial charge in [-0.3, -0.25) is 9.78 Å². The van der Waals surface area contributed by atoms with Crippen LogP contribution >= 0.6 is 0 Å². The highest BCUT2D eigenvalue weighted by Gasteiger charge is 2.11. The molecule has 1 aromatic carbocycles. The molecule has 0 saturated carbocycles. The number of hydrogen-bond donors (Lipinski definition) is 3. The van der Waals surface area contributed by atoms with Gasteiger partial charge in [0.2, 0.25) is 0 Å². The van der Waals surface area contributed by atoms with Crippen LogP contribution in [0.4, 0.5) is 10.1 Å². The summed E-state index contributed by atoms with van der Waals surface area (Å²) in [5.41, 5.74) is 6.41. The molecule has 1 heterocycles. The minimum atomic E-state index is -0.697. The van der Waals surface area contributed by atoms with Crippen LogP contribution in [0.5, 0.6) is 5.75 Å². The van der Waals surface area contributed by atoms with Crippen LogP contribution in [0.3, 0.4) is 0 Å². The Hall–Kier alpha value is -2.63. The van der Waals surface area contributed by atoms with Crippen molar-refractivity contribution in [3.63, 3.8) is 0 Å². The number of aromatic nitrogens is 1. The van der Waals surface area contributed by atoms with Crippen molar-refractivity contribution in [1.29, 1.82) is 0 Å². The first-order valence-electron chi connectivity index (χ1n) is 5.53. The van der Waals surface area contributed by atoms with E-state index in [2.05, 4.69) is 10.3 Å². The summed E-state index contributed by atoms with van der Waals surface area (Å²) in [5, 5.41) is 12.1. The zero-order valence-corrected chi connectivity index (χ0v) is 9.93. The normalized spacial score (nSPS) is 10.2. The average Bonchev–Trinajstić information content (AvgIpc) is 2.40. The molecule has 1 amide bonds. The summed E-state index contributed by atoms with van der Waals surface area (Å²) in [5.74, 6) is -1.26. The molecule has 2 aromatic rings. The number of carbonyl (C=O) groups is 1. The van der Waals surface area contributed by atoms with Crippen LogP contribution in [0.25, 0.3) is 0 Å². The molecule has 0 unspecified atom stereocenters. The highest BCUT2D eigenvalue weighted by Crippen LogP contribution is 2.19. The molecular weight excluding hydrogens is 249 g/mol. The Morgan fingerprint density at radius 1 is 1.42 bits per heavy atom. The molecule has 98 valence electrons. The van der Waals surface area contributed by atoms with E-state index in [1.165, 1.54) is 18.3 Å². The molecular formula is C13H12FN3O2. The van der Waals surface area contributed by atoms with Crippen molar-refractivity contribution in [2.45, 2.75) is 6.54 Å². The lowest BCUT2D eigenvalue weighted by molar-refractivity contribution is 0.0946. The van der Waals surface area contributed by atoms with Gasteiger partial charge in [0.1, 0.15) is 5.75 Å². The van der Waals surface area contributed by atoms with Gasteiger partial charge >= 0.3 is 0 Å². The van der Waals surface area contributed by atoms with Crippen molar-refractivity contribution in [3.05, 3.63) is 53.6 Å². The Morgan fingerprint density at radius 3 is 2.95 bits per heavy atom. The van der Waals surface area contributed by atoms with E-state index in [9.17, 15) is 14.3 Å². The summed E-state index contributed by atoms with van der Waals surface area (Å²) in [6, 6.07) is 5.80. The Labute approximate surface area is 108 Å². The topological polar surface area (TPSA) is 88.2 Å². The Bertz CT molecular complexity index is 617. The molecule has 0 aliphatic carbocycles. The number of nitrogens with one attached hydrogen (secondary N) is 1. The molecule has 0 radical (unpaired) electrons. The molecule has 0 atom stereocenters. The number of anilines is 1. The van der Waals surface area contributed by atoms with Crippen LogP contribution in [0.2, 0.25) is 0 Å². The third-order valence-corrected chi connectivity index (χ3v) is 2.56. The van der Waals surface area contributed by atoms with E-state index in [4.69, 9.17) is 5.73 Å². The van der Waals surface area contributed by atoms with Gasteiger partial charge in [-0.05, 0) is 24.3 Å². The van der Waals surface area contributed by atoms with E-state index >= 15 is 0 Å². The van der Waals surface area contributed by atoms with Crippen LogP contribution < -0.4 is 11.1 Å². The number of nitrogens with zero attached hydrogens (tertiary/aromatic N) is 1. The summed E-state index contributed by atoms with van der Waals surface area (Å²) >= 11 is 0. The third-order valence-electron chi connectivity index (χ3n) is 2.56. The van der Waals surface area contributed by atoms with E-state index in [1.807, 2.05) is 0 Å². The van der Waals surface area contributed by atoms with Crippen molar-refractivity contribution in [2.24, 2.45) is 0 Å². The number of halogens is 1. The number of rotatable bonds is 3. The highest BCUT2D eigenvalue weighted by molar-refractivity contribution is 5.94. The monoisotopic (exact) mass is 261 g/mol. The summed E-state index contributed by atoms with van der Waals surface area (Å²) in [6.45, 7) is 0.0530. The van der Waals surface area contributed by atoms with Gasteiger partial charge < -0.3 is 16.2 Å². The zero-order valence-electron chi connectivity index (χ0n) is 9.93. The maximum Gasteiger partial charge on any atom is 0.254 e. The number of nitrogen functional groups attached to an aromatic ring is 1. The highest BCUT2D eigenvalue weighted by atomic mass is 19.1. The number of amides is 1. The van der Waals surface area contributed by atoms with Crippen LogP contribution in [0.1, 0.15) is 15.9 Å². The smallest absolute Gasteiger partial charge is 0.254 e. The van der Waals surface area contributed by atoms with Crippen molar-refractivity contribution >= 4 is 11.6 Å². The molecule has 5 nitrogen and oxygen atoms in total. The van der Waals surface area contributed by atoms with Crippen molar-refractivity contribution in [1.82, 2.24) is 10.3 Å². The Kier molecular flexibility index (Phi) is 3.61. The second-order valence-corrected chi connectivity index (χ2v) is 3.93. The lowest BCUT2D eigenvalue weighted by Gasteiger charge is -2.08. The third kappa shape index (κ3) is 2.98. The van der Waals surface area contributed by atoms with Crippen LogP contribution in [0, 0.1) is 5.82 Å². The van der Waals surface area contributed by atoms with Crippen molar-refractivity contribution in [2.75, 3.05) is 5.73 Å². The van der Waals surface area contributed by atoms with Crippen molar-refractivity contribution in [3.8, 4) is 5.75 Å². The average molecular weight is 261 g/mol. The van der Waals surface area contributed by atoms with Gasteiger partial charge in [0.15, 0.2) is 5.82 Å². The van der Waals surface area contributed by atoms with Crippen LogP contribution in [-0.4, -0.2) is 16.0 Å². The standard InChI is InChI=1S/C13H12FN3O2/c14-11-7-16-4-3-10(11)13(19)17-6-8-5-9(15)1-2-12(8)18/h1-5,7,18H,6,15H2,(H,17,19). The molecule has 1 aromatic heterocycles. The quantitative estimate of drug-likeness (QED) is 0.576. The van der Waals surface area contributed by atoms with Gasteiger partial charge in [0.05, 0.1) is 11.8 Å². The number of pyridine rings is 1. The fourth-order valence-corrected chi connectivity index (χ4v) is 1.58. The number of phenolic OH excluding ortho intramolecular Hbond substituents is 1. The summed E-state index contributed by atoms with van der Waals surface area (Å²) in [4.78, 5) is 15.3. The fourth-order valence-electron chi connectivity index (χ4n) is 1.58. The van der Waals surface area contributed by atoms with E-state index in [-0.39, 0.29) is 17.9 Å². The fraction of sp³-hybridized carbons (Fsp3) is 0.0769. The van der Waals surface area contributed by atoms with E-state index in [0.29, 0.717) is 11.3 Å². The van der Waals surface area contributed by atoms with Crippen LogP contribution in [-0.2, 0) is 6.54 Å². The number of aromatic hydroxyl groups is 1. The zero-order chi connectivity index (χ0) is 13.8. The molecule has 0 aliphatic heterocycles. The predicted molar refractivity (Wildman–Crippen MR) is 67.9 cm³/mol. The summed E-state index contributed by atoms with van der Waals surface area (Å²) < 4.78 is 13.3. The Balaban J connectivity index is 2.09. The van der Waals surface area contributed by atoms with E-state index in [0.717, 1.165) is 6.20 Å². The largest absolute Gasteiger partial charge is 0.508 e. The Morgan fingerprint density at radius 2 is 2.21 bits per heavy atom. The summed E-state index contributed by atoms with van der Waals surface area (Å²) in [6.07, 6.45) is 2.29. The number of nitrogens with two attached hydrogens (primary N) is 1. The van der Waals surface area contributed by atoms with E-state index < -0.39 is 11.7 Å². The molecule has 0 aliphatic rings. The maximum absolute atomic E-state index is 13.3. The first kappa shape index (κ1) is 12.8. The number of benzene rings is 1. The number of phenols is 1. The van der Waals surface area contributed by atoms with Gasteiger partial charge in [-0.1, -0.05) is 0 Å². The SMILES string of the molecule is Nc1ccc(O)c(CNC(=O)c2ccncc2F)c1. The number of carbonyl (C=O) groups excluding carboxylic acids is 1. The second kappa shape index (κ2) is 5.34. The van der Waals surface area contributed by atoms with Crippen LogP contribution in [0.15, 0.2) is 36.7 Å². The molecule has 6 heteroatoms. The van der Waals surface area contributed by atoms with Gasteiger partial charge in [-0.2, -0.15) is 0 Å². The lowest BCUT2D eigenvalue weighted by Crippen LogP contribution is -2.24. The van der Waals surface area contributed by atoms with Gasteiger partial charge in [0.25, 0.3) is 5.91 Å². The molecule has 0 fully saturated rings. The molecule has 4 N–H and O–H groups in total. The summed E-state index contributed by atoms with van der Waals surface area (Å²) in [7, 11) is 0. The van der Waals surface area contributed by atoms with Gasteiger partial charge in [-0.15, -0.1) is 0 Å². The van der Waals surface area contributed by atoms with Gasteiger partial charge in [0, 0.05) is 24.0 Å². The molecule has 2 rings (SSSR count). The van der Waals surface area contributed by atoms with Crippen molar-refractivity contribution < 1.29 is 14.3 Å². The van der Waals surface area contributed by atoms with E-state index in [1.54, 1.807) is 12.1 Å². The molecule has 19 heavy (non-hydrogen) atoms. The first-order chi connectivity index (χ1) is 9.08. The molecule has 0 spiro atoms. The lowest BCUT2D eigenvalue weighted by atomic mass is 10.1. The molecule has 0 saturated heterocycles. The minimum absolute atomic E-state index is 0.0182. The maximum atomic E-state index is 13.3. The van der Waals surface area contributed by atoms with Gasteiger partial charge in [-0.25, -0.2) is 4.39 Å². The minimum Gasteiger partial charge on any atom is -0.508 e. The second-order valence-electron chi connectivity index (χ2n) is 3.93. The predicted octanol–water partition coefficient (Wildman–Crippen LogP) is 1.44. The number of hydrogen-bond acceptors (Lipinski definition) is 4. The first-order valence-corrected chi connectivity index (χ1v) is 5.53. The molecule has 0 bridgehead atoms.